The van der Waals surface area contributed by atoms with Crippen LogP contribution in [0.5, 0.6) is 11.5 Å². The van der Waals surface area contributed by atoms with Gasteiger partial charge in [-0.3, -0.25) is 34.3 Å². The summed E-state index contributed by atoms with van der Waals surface area (Å²) in [7, 11) is 0. The highest BCUT2D eigenvalue weighted by molar-refractivity contribution is 6.23. The summed E-state index contributed by atoms with van der Waals surface area (Å²) < 4.78 is 26.6. The van der Waals surface area contributed by atoms with Crippen molar-refractivity contribution in [3.63, 3.8) is 0 Å². The fourth-order valence-corrected chi connectivity index (χ4v) is 9.78. The molecular formula is C47H49FN4O7. The number of halogens is 1. The van der Waals surface area contributed by atoms with E-state index < -0.39 is 29.7 Å². The SMILES string of the molecule is O=C1CCC(N2C(=O)c3ccc(N4CCN(CCOC5CCC(Oc6ccc(C7c8ccc(O)cc8CCC7c7ccc(F)cc7)cc6)CC5)CC4)cc3C2=O)C(=O)N1. The molecule has 2 N–H and O–H groups in total. The van der Waals surface area contributed by atoms with E-state index in [2.05, 4.69) is 39.4 Å². The zero-order valence-corrected chi connectivity index (χ0v) is 33.0. The molecule has 11 nitrogen and oxygen atoms in total. The van der Waals surface area contributed by atoms with Crippen LogP contribution in [0.15, 0.2) is 84.9 Å². The number of rotatable bonds is 10. The van der Waals surface area contributed by atoms with Gasteiger partial charge >= 0.3 is 0 Å². The predicted octanol–water partition coefficient (Wildman–Crippen LogP) is 6.32. The molecule has 3 fully saturated rings. The summed E-state index contributed by atoms with van der Waals surface area (Å²) in [5, 5.41) is 12.4. The highest BCUT2D eigenvalue weighted by atomic mass is 19.1. The lowest BCUT2D eigenvalue weighted by Crippen LogP contribution is -2.54. The van der Waals surface area contributed by atoms with E-state index in [1.807, 2.05) is 30.3 Å². The number of amides is 4. The molecule has 59 heavy (non-hydrogen) atoms. The van der Waals surface area contributed by atoms with Crippen LogP contribution < -0.4 is 15.0 Å². The van der Waals surface area contributed by atoms with Crippen LogP contribution in [-0.2, 0) is 20.7 Å². The molecule has 2 saturated heterocycles. The van der Waals surface area contributed by atoms with Crippen molar-refractivity contribution in [1.29, 1.82) is 0 Å². The fraction of sp³-hybridized carbons (Fsp3) is 0.404. The number of imide groups is 2. The Morgan fingerprint density at radius 3 is 2.17 bits per heavy atom. The molecule has 9 rings (SSSR count). The summed E-state index contributed by atoms with van der Waals surface area (Å²) in [6.45, 7) is 4.73. The first-order chi connectivity index (χ1) is 28.7. The monoisotopic (exact) mass is 800 g/mol. The first-order valence-electron chi connectivity index (χ1n) is 21.0. The van der Waals surface area contributed by atoms with E-state index in [4.69, 9.17) is 9.47 Å². The number of piperazine rings is 1. The van der Waals surface area contributed by atoms with Crippen molar-refractivity contribution in [2.45, 2.75) is 81.5 Å². The summed E-state index contributed by atoms with van der Waals surface area (Å²) in [6.07, 6.45) is 6.08. The Morgan fingerprint density at radius 2 is 1.42 bits per heavy atom. The Balaban J connectivity index is 0.724. The third-order valence-corrected chi connectivity index (χ3v) is 13.0. The Kier molecular flexibility index (Phi) is 10.9. The average molecular weight is 801 g/mol. The number of nitrogens with one attached hydrogen (secondary N) is 1. The van der Waals surface area contributed by atoms with Gasteiger partial charge in [-0.1, -0.05) is 30.3 Å². The lowest BCUT2D eigenvalue weighted by atomic mass is 9.69. The summed E-state index contributed by atoms with van der Waals surface area (Å²) in [4.78, 5) is 56.0. The van der Waals surface area contributed by atoms with Gasteiger partial charge in [-0.2, -0.15) is 0 Å². The number of aromatic hydroxyl groups is 1. The second kappa shape index (κ2) is 16.6. The maximum absolute atomic E-state index is 13.8. The summed E-state index contributed by atoms with van der Waals surface area (Å²) >= 11 is 0. The van der Waals surface area contributed by atoms with Gasteiger partial charge in [-0.05, 0) is 128 Å². The van der Waals surface area contributed by atoms with Gasteiger partial charge in [-0.25, -0.2) is 4.39 Å². The molecule has 5 aliphatic rings. The van der Waals surface area contributed by atoms with Gasteiger partial charge in [0.25, 0.3) is 11.8 Å². The lowest BCUT2D eigenvalue weighted by molar-refractivity contribution is -0.136. The van der Waals surface area contributed by atoms with E-state index in [0.29, 0.717) is 12.2 Å². The predicted molar refractivity (Wildman–Crippen MR) is 218 cm³/mol. The minimum atomic E-state index is -0.975. The third-order valence-electron chi connectivity index (χ3n) is 13.0. The van der Waals surface area contributed by atoms with Crippen LogP contribution in [0.25, 0.3) is 0 Å². The van der Waals surface area contributed by atoms with Crippen molar-refractivity contribution in [3.05, 3.63) is 124 Å². The van der Waals surface area contributed by atoms with Gasteiger partial charge in [0.05, 0.1) is 29.9 Å². The molecule has 2 aliphatic carbocycles. The number of fused-ring (bicyclic) bond motifs is 2. The highest BCUT2D eigenvalue weighted by Crippen LogP contribution is 2.47. The highest BCUT2D eigenvalue weighted by Gasteiger charge is 2.45. The number of phenols is 1. The number of hydrogen-bond acceptors (Lipinski definition) is 9. The number of phenolic OH excluding ortho intramolecular Hbond substituents is 1. The van der Waals surface area contributed by atoms with Gasteiger partial charge in [0, 0.05) is 50.7 Å². The van der Waals surface area contributed by atoms with Crippen LogP contribution in [0.3, 0.4) is 0 Å². The molecule has 12 heteroatoms. The van der Waals surface area contributed by atoms with Crippen molar-refractivity contribution >= 4 is 29.3 Å². The Hall–Kier alpha value is -5.59. The lowest BCUT2D eigenvalue weighted by Gasteiger charge is -2.36. The van der Waals surface area contributed by atoms with Crippen molar-refractivity contribution in [1.82, 2.24) is 15.1 Å². The molecule has 4 aromatic rings. The molecule has 0 radical (unpaired) electrons. The minimum absolute atomic E-state index is 0.0849. The van der Waals surface area contributed by atoms with E-state index in [-0.39, 0.29) is 54.0 Å². The fourth-order valence-electron chi connectivity index (χ4n) is 9.78. The molecule has 306 valence electrons. The molecule has 0 bridgehead atoms. The zero-order chi connectivity index (χ0) is 40.6. The normalized spacial score (nSPS) is 24.8. The van der Waals surface area contributed by atoms with Crippen LogP contribution in [0, 0.1) is 5.82 Å². The average Bonchev–Trinajstić information content (AvgIpc) is 3.49. The van der Waals surface area contributed by atoms with E-state index in [9.17, 15) is 28.7 Å². The largest absolute Gasteiger partial charge is 0.508 e. The molecular weight excluding hydrogens is 752 g/mol. The van der Waals surface area contributed by atoms with Gasteiger partial charge in [0.15, 0.2) is 0 Å². The zero-order valence-electron chi connectivity index (χ0n) is 33.0. The van der Waals surface area contributed by atoms with Gasteiger partial charge < -0.3 is 19.5 Å². The van der Waals surface area contributed by atoms with Gasteiger partial charge in [0.1, 0.15) is 23.4 Å². The minimum Gasteiger partial charge on any atom is -0.508 e. The summed E-state index contributed by atoms with van der Waals surface area (Å²) in [5.74, 6) is -0.813. The van der Waals surface area contributed by atoms with Gasteiger partial charge in [-0.15, -0.1) is 0 Å². The first kappa shape index (κ1) is 38.9. The maximum atomic E-state index is 13.8. The number of carbonyl (C=O) groups is 4. The number of carbonyl (C=O) groups excluding carboxylic acids is 4. The number of anilines is 1. The second-order valence-electron chi connectivity index (χ2n) is 16.5. The number of benzene rings is 4. The van der Waals surface area contributed by atoms with Gasteiger partial charge in [0.2, 0.25) is 11.8 Å². The van der Waals surface area contributed by atoms with E-state index in [1.54, 1.807) is 18.2 Å². The standard InChI is InChI=1S/C47H49FN4O7/c48-32-6-1-29(2-7-32)38-16-5-31-27-34(53)9-18-39(31)44(38)30-3-10-36(11-4-30)59-37-14-12-35(13-15-37)58-26-25-50-21-23-51(24-22-50)33-8-17-40-41(28-33)47(57)52(46(40)56)42-19-20-43(54)49-45(42)55/h1-4,6-11,17-18,27-28,35,37-38,42,44,53H,5,12-16,19-26H2,(H,49,54,55). The summed E-state index contributed by atoms with van der Waals surface area (Å²) in [5.41, 5.74) is 6.11. The molecule has 4 amide bonds. The van der Waals surface area contributed by atoms with Crippen LogP contribution in [0.4, 0.5) is 10.1 Å². The Labute approximate surface area is 343 Å². The molecule has 0 spiro atoms. The number of hydrogen-bond donors (Lipinski definition) is 2. The molecule has 4 aromatic carbocycles. The second-order valence-corrected chi connectivity index (χ2v) is 16.5. The number of piperidine rings is 1. The van der Waals surface area contributed by atoms with E-state index in [1.165, 1.54) is 23.3 Å². The summed E-state index contributed by atoms with van der Waals surface area (Å²) in [6, 6.07) is 25.3. The van der Waals surface area contributed by atoms with Crippen LogP contribution in [0.2, 0.25) is 0 Å². The number of ether oxygens (including phenoxy) is 2. The van der Waals surface area contributed by atoms with Crippen molar-refractivity contribution in [3.8, 4) is 11.5 Å². The quantitative estimate of drug-likeness (QED) is 0.177. The maximum Gasteiger partial charge on any atom is 0.262 e. The third kappa shape index (κ3) is 8.08. The Morgan fingerprint density at radius 1 is 0.712 bits per heavy atom. The molecule has 3 atom stereocenters. The number of aryl methyl sites for hydroxylation is 1. The topological polar surface area (TPSA) is 129 Å². The molecule has 3 heterocycles. The van der Waals surface area contributed by atoms with Crippen LogP contribution >= 0.6 is 0 Å². The smallest absolute Gasteiger partial charge is 0.262 e. The molecule has 0 aromatic heterocycles. The van der Waals surface area contributed by atoms with E-state index >= 15 is 0 Å². The van der Waals surface area contributed by atoms with Crippen molar-refractivity contribution in [2.24, 2.45) is 0 Å². The first-order valence-corrected chi connectivity index (χ1v) is 21.0. The Bertz CT molecular complexity index is 2230. The molecule has 3 unspecified atom stereocenters. The van der Waals surface area contributed by atoms with E-state index in [0.717, 1.165) is 98.7 Å². The van der Waals surface area contributed by atoms with Crippen molar-refractivity contribution in [2.75, 3.05) is 44.2 Å². The van der Waals surface area contributed by atoms with Crippen LogP contribution in [-0.4, -0.2) is 96.1 Å². The molecule has 3 aliphatic heterocycles. The molecule has 1 saturated carbocycles. The van der Waals surface area contributed by atoms with Crippen LogP contribution in [0.1, 0.15) is 99.8 Å². The van der Waals surface area contributed by atoms with Crippen molar-refractivity contribution < 1.29 is 38.1 Å². The number of nitrogens with zero attached hydrogens (tertiary/aromatic N) is 3.